The Morgan fingerprint density at radius 1 is 1.37 bits per heavy atom. The van der Waals surface area contributed by atoms with Gasteiger partial charge in [0.25, 0.3) is 0 Å². The van der Waals surface area contributed by atoms with Gasteiger partial charge in [0.1, 0.15) is 6.04 Å². The van der Waals surface area contributed by atoms with Crippen molar-refractivity contribution in [1.82, 2.24) is 10.2 Å². The number of carbonyl (C=O) groups is 2. The SMILES string of the molecule is C=C(Cl)CN1CC(=O)NC(Cc2ccccc2)C1=O. The Labute approximate surface area is 117 Å². The van der Waals surface area contributed by atoms with Crippen LogP contribution in [-0.4, -0.2) is 35.8 Å². The standard InChI is InChI=1S/C14H15ClN2O2/c1-10(15)8-17-9-13(18)16-12(14(17)19)7-11-5-3-2-4-6-11/h2-6,12H,1,7-9H2,(H,16,18). The summed E-state index contributed by atoms with van der Waals surface area (Å²) in [5, 5.41) is 3.06. The molecule has 0 saturated carbocycles. The monoisotopic (exact) mass is 278 g/mol. The van der Waals surface area contributed by atoms with Crippen LogP contribution in [0.25, 0.3) is 0 Å². The van der Waals surface area contributed by atoms with Crippen molar-refractivity contribution in [3.05, 3.63) is 47.5 Å². The fourth-order valence-electron chi connectivity index (χ4n) is 2.10. The highest BCUT2D eigenvalue weighted by atomic mass is 35.5. The molecule has 1 aliphatic heterocycles. The second kappa shape index (κ2) is 5.89. The van der Waals surface area contributed by atoms with Gasteiger partial charge in [0, 0.05) is 11.5 Å². The summed E-state index contributed by atoms with van der Waals surface area (Å²) in [5.74, 6) is -0.288. The lowest BCUT2D eigenvalue weighted by atomic mass is 10.0. The predicted molar refractivity (Wildman–Crippen MR) is 73.6 cm³/mol. The predicted octanol–water partition coefficient (Wildman–Crippen LogP) is 1.31. The Morgan fingerprint density at radius 3 is 2.68 bits per heavy atom. The molecule has 0 aliphatic carbocycles. The van der Waals surface area contributed by atoms with Crippen molar-refractivity contribution in [2.75, 3.05) is 13.1 Å². The molecule has 0 bridgehead atoms. The largest absolute Gasteiger partial charge is 0.342 e. The molecule has 5 heteroatoms. The van der Waals surface area contributed by atoms with E-state index in [9.17, 15) is 9.59 Å². The maximum atomic E-state index is 12.2. The first kappa shape index (κ1) is 13.6. The summed E-state index contributed by atoms with van der Waals surface area (Å²) < 4.78 is 0. The lowest BCUT2D eigenvalue weighted by molar-refractivity contribution is -0.143. The molecule has 1 heterocycles. The Bertz CT molecular complexity index is 499. The number of rotatable bonds is 4. The first-order chi connectivity index (χ1) is 9.06. The number of halogens is 1. The van der Waals surface area contributed by atoms with Gasteiger partial charge in [-0.05, 0) is 5.56 Å². The maximum Gasteiger partial charge on any atom is 0.246 e. The van der Waals surface area contributed by atoms with Gasteiger partial charge < -0.3 is 10.2 Å². The average Bonchev–Trinajstić information content (AvgIpc) is 2.35. The molecule has 0 radical (unpaired) electrons. The van der Waals surface area contributed by atoms with Gasteiger partial charge in [-0.15, -0.1) is 0 Å². The highest BCUT2D eigenvalue weighted by Crippen LogP contribution is 2.11. The Balaban J connectivity index is 2.09. The van der Waals surface area contributed by atoms with Gasteiger partial charge in [-0.1, -0.05) is 48.5 Å². The molecule has 1 aromatic carbocycles. The van der Waals surface area contributed by atoms with E-state index in [1.165, 1.54) is 4.90 Å². The van der Waals surface area contributed by atoms with Crippen molar-refractivity contribution in [3.8, 4) is 0 Å². The topological polar surface area (TPSA) is 49.4 Å². The van der Waals surface area contributed by atoms with Gasteiger partial charge >= 0.3 is 0 Å². The minimum atomic E-state index is -0.528. The minimum Gasteiger partial charge on any atom is -0.342 e. The third kappa shape index (κ3) is 3.58. The highest BCUT2D eigenvalue weighted by molar-refractivity contribution is 6.29. The molecule has 1 atom stereocenters. The summed E-state index contributed by atoms with van der Waals surface area (Å²) in [6, 6.07) is 9.05. The number of piperazine rings is 1. The zero-order chi connectivity index (χ0) is 13.8. The number of nitrogens with one attached hydrogen (secondary N) is 1. The zero-order valence-electron chi connectivity index (χ0n) is 10.4. The van der Waals surface area contributed by atoms with E-state index in [4.69, 9.17) is 11.6 Å². The summed E-state index contributed by atoms with van der Waals surface area (Å²) in [6.45, 7) is 3.80. The van der Waals surface area contributed by atoms with Crippen LogP contribution in [0.4, 0.5) is 0 Å². The molecule has 0 aromatic heterocycles. The lowest BCUT2D eigenvalue weighted by Gasteiger charge is -2.32. The minimum absolute atomic E-state index is 0.0376. The van der Waals surface area contributed by atoms with E-state index in [2.05, 4.69) is 11.9 Å². The van der Waals surface area contributed by atoms with Crippen LogP contribution in [0.2, 0.25) is 0 Å². The van der Waals surface area contributed by atoms with E-state index < -0.39 is 6.04 Å². The molecule has 1 aromatic rings. The molecule has 19 heavy (non-hydrogen) atoms. The van der Waals surface area contributed by atoms with Crippen LogP contribution in [0.15, 0.2) is 41.9 Å². The fourth-order valence-corrected chi connectivity index (χ4v) is 2.25. The van der Waals surface area contributed by atoms with Gasteiger partial charge in [-0.3, -0.25) is 9.59 Å². The van der Waals surface area contributed by atoms with Crippen LogP contribution in [0.5, 0.6) is 0 Å². The third-order valence-electron chi connectivity index (χ3n) is 2.92. The first-order valence-corrected chi connectivity index (χ1v) is 6.39. The van der Waals surface area contributed by atoms with Crippen molar-refractivity contribution in [1.29, 1.82) is 0 Å². The van der Waals surface area contributed by atoms with Gasteiger partial charge in [0.2, 0.25) is 11.8 Å². The normalized spacial score (nSPS) is 19.2. The second-order valence-corrected chi connectivity index (χ2v) is 5.06. The van der Waals surface area contributed by atoms with Gasteiger partial charge in [0.05, 0.1) is 13.1 Å². The molecule has 100 valence electrons. The lowest BCUT2D eigenvalue weighted by Crippen LogP contribution is -2.58. The van der Waals surface area contributed by atoms with Crippen LogP contribution in [0.3, 0.4) is 0 Å². The second-order valence-electron chi connectivity index (χ2n) is 4.52. The van der Waals surface area contributed by atoms with Crippen LogP contribution < -0.4 is 5.32 Å². The van der Waals surface area contributed by atoms with Crippen LogP contribution >= 0.6 is 11.6 Å². The van der Waals surface area contributed by atoms with Crippen LogP contribution in [0.1, 0.15) is 5.56 Å². The Morgan fingerprint density at radius 2 is 2.05 bits per heavy atom. The first-order valence-electron chi connectivity index (χ1n) is 6.01. The van der Waals surface area contributed by atoms with Crippen molar-refractivity contribution < 1.29 is 9.59 Å². The van der Waals surface area contributed by atoms with Gasteiger partial charge in [0.15, 0.2) is 0 Å². The molecule has 2 rings (SSSR count). The van der Waals surface area contributed by atoms with Crippen molar-refractivity contribution >= 4 is 23.4 Å². The number of amides is 2. The third-order valence-corrected chi connectivity index (χ3v) is 3.04. The Kier molecular flexibility index (Phi) is 4.22. The highest BCUT2D eigenvalue weighted by Gasteiger charge is 2.32. The number of benzene rings is 1. The van der Waals surface area contributed by atoms with E-state index in [1.54, 1.807) is 0 Å². The summed E-state index contributed by atoms with van der Waals surface area (Å²) >= 11 is 5.71. The summed E-state index contributed by atoms with van der Waals surface area (Å²) in [7, 11) is 0. The van der Waals surface area contributed by atoms with E-state index in [0.29, 0.717) is 11.5 Å². The molecular weight excluding hydrogens is 264 g/mol. The number of carbonyl (C=O) groups excluding carboxylic acids is 2. The number of hydrogen-bond donors (Lipinski definition) is 1. The number of hydrogen-bond acceptors (Lipinski definition) is 2. The molecular formula is C14H15ClN2O2. The molecule has 1 aliphatic rings. The van der Waals surface area contributed by atoms with E-state index >= 15 is 0 Å². The fraction of sp³-hybridized carbons (Fsp3) is 0.286. The quantitative estimate of drug-likeness (QED) is 0.903. The molecule has 1 fully saturated rings. The van der Waals surface area contributed by atoms with Crippen molar-refractivity contribution in [2.45, 2.75) is 12.5 Å². The van der Waals surface area contributed by atoms with E-state index in [1.807, 2.05) is 30.3 Å². The van der Waals surface area contributed by atoms with Crippen molar-refractivity contribution in [2.24, 2.45) is 0 Å². The summed E-state index contributed by atoms with van der Waals surface area (Å²) in [4.78, 5) is 25.3. The van der Waals surface area contributed by atoms with Crippen LogP contribution in [-0.2, 0) is 16.0 Å². The average molecular weight is 279 g/mol. The molecule has 2 amide bonds. The Hall–Kier alpha value is -1.81. The molecule has 1 unspecified atom stereocenters. The molecule has 0 spiro atoms. The smallest absolute Gasteiger partial charge is 0.246 e. The van der Waals surface area contributed by atoms with Crippen LogP contribution in [0, 0.1) is 0 Å². The summed E-state index contributed by atoms with van der Waals surface area (Å²) in [5.41, 5.74) is 1.01. The van der Waals surface area contributed by atoms with E-state index in [0.717, 1.165) is 5.56 Å². The van der Waals surface area contributed by atoms with Gasteiger partial charge in [-0.2, -0.15) is 0 Å². The maximum absolute atomic E-state index is 12.2. The molecule has 1 N–H and O–H groups in total. The summed E-state index contributed by atoms with van der Waals surface area (Å²) in [6.07, 6.45) is 0.483. The zero-order valence-corrected chi connectivity index (χ0v) is 11.2. The molecule has 4 nitrogen and oxygen atoms in total. The number of nitrogens with zero attached hydrogens (tertiary/aromatic N) is 1. The van der Waals surface area contributed by atoms with Gasteiger partial charge in [-0.25, -0.2) is 0 Å². The molecule has 1 saturated heterocycles. The van der Waals surface area contributed by atoms with E-state index in [-0.39, 0.29) is 24.9 Å². The van der Waals surface area contributed by atoms with Crippen molar-refractivity contribution in [3.63, 3.8) is 0 Å².